The molecule has 60 valence electrons. The van der Waals surface area contributed by atoms with E-state index in [0.717, 1.165) is 18.9 Å². The average Bonchev–Trinajstić information content (AvgIpc) is 2.67. The molecule has 0 aromatic carbocycles. The fraction of sp³-hybridized carbons (Fsp3) is 1.00. The van der Waals surface area contributed by atoms with Crippen LogP contribution >= 0.6 is 0 Å². The zero-order chi connectivity index (χ0) is 7.40. The first-order valence-electron chi connectivity index (χ1n) is 4.17. The lowest BCUT2D eigenvalue weighted by Crippen LogP contribution is -2.28. The lowest BCUT2D eigenvalue weighted by atomic mass is 10.2. The van der Waals surface area contributed by atoms with Crippen molar-refractivity contribution in [3.8, 4) is 0 Å². The maximum Gasteiger partial charge on any atom is 0.0445 e. The van der Waals surface area contributed by atoms with E-state index in [9.17, 15) is 0 Å². The number of rotatable bonds is 5. The molecule has 0 aromatic heterocycles. The quantitative estimate of drug-likeness (QED) is 0.595. The Bertz CT molecular complexity index is 91.3. The van der Waals surface area contributed by atoms with Gasteiger partial charge >= 0.3 is 0 Å². The van der Waals surface area contributed by atoms with Crippen LogP contribution in [0.2, 0.25) is 0 Å². The van der Waals surface area contributed by atoms with Crippen LogP contribution in [0.25, 0.3) is 0 Å². The van der Waals surface area contributed by atoms with Crippen LogP contribution in [0.15, 0.2) is 0 Å². The van der Waals surface area contributed by atoms with Crippen molar-refractivity contribution in [1.29, 1.82) is 0 Å². The van der Waals surface area contributed by atoms with E-state index in [1.807, 2.05) is 0 Å². The SMILES string of the molecule is CC(CCO)NCC1CC1. The molecule has 0 radical (unpaired) electrons. The van der Waals surface area contributed by atoms with Crippen LogP contribution < -0.4 is 5.32 Å². The summed E-state index contributed by atoms with van der Waals surface area (Å²) in [5, 5.41) is 12.0. The average molecular weight is 143 g/mol. The summed E-state index contributed by atoms with van der Waals surface area (Å²) in [6.07, 6.45) is 3.68. The van der Waals surface area contributed by atoms with E-state index in [4.69, 9.17) is 5.11 Å². The largest absolute Gasteiger partial charge is 0.396 e. The first-order valence-corrected chi connectivity index (χ1v) is 4.17. The van der Waals surface area contributed by atoms with Gasteiger partial charge in [0.1, 0.15) is 0 Å². The molecule has 1 rings (SSSR count). The molecule has 2 nitrogen and oxygen atoms in total. The molecule has 0 aliphatic heterocycles. The summed E-state index contributed by atoms with van der Waals surface area (Å²) in [6, 6.07) is 0.491. The zero-order valence-corrected chi connectivity index (χ0v) is 6.64. The minimum atomic E-state index is 0.304. The smallest absolute Gasteiger partial charge is 0.0445 e. The third-order valence-corrected chi connectivity index (χ3v) is 2.01. The zero-order valence-electron chi connectivity index (χ0n) is 6.64. The Morgan fingerprint density at radius 1 is 1.60 bits per heavy atom. The van der Waals surface area contributed by atoms with Gasteiger partial charge < -0.3 is 10.4 Å². The van der Waals surface area contributed by atoms with Crippen molar-refractivity contribution in [2.24, 2.45) is 5.92 Å². The van der Waals surface area contributed by atoms with E-state index >= 15 is 0 Å². The second kappa shape index (κ2) is 3.94. The summed E-state index contributed by atoms with van der Waals surface area (Å²) in [6.45, 7) is 3.58. The molecule has 10 heavy (non-hydrogen) atoms. The van der Waals surface area contributed by atoms with Crippen molar-refractivity contribution in [1.82, 2.24) is 5.32 Å². The molecule has 0 spiro atoms. The highest BCUT2D eigenvalue weighted by molar-refractivity contribution is 4.76. The molecule has 1 aliphatic carbocycles. The van der Waals surface area contributed by atoms with Crippen LogP contribution in [0.5, 0.6) is 0 Å². The highest BCUT2D eigenvalue weighted by Gasteiger charge is 2.20. The monoisotopic (exact) mass is 143 g/mol. The van der Waals surface area contributed by atoms with Gasteiger partial charge in [-0.3, -0.25) is 0 Å². The number of hydrogen-bond acceptors (Lipinski definition) is 2. The standard InChI is InChI=1S/C8H17NO/c1-7(4-5-10)9-6-8-2-3-8/h7-10H,2-6H2,1H3. The second-order valence-corrected chi connectivity index (χ2v) is 3.26. The van der Waals surface area contributed by atoms with E-state index in [1.165, 1.54) is 12.8 Å². The molecule has 1 saturated carbocycles. The minimum Gasteiger partial charge on any atom is -0.396 e. The Balaban J connectivity index is 1.89. The Hall–Kier alpha value is -0.0800. The van der Waals surface area contributed by atoms with E-state index < -0.39 is 0 Å². The maximum absolute atomic E-state index is 8.58. The third kappa shape index (κ3) is 3.18. The van der Waals surface area contributed by atoms with Gasteiger partial charge in [-0.15, -0.1) is 0 Å². The Kier molecular flexibility index (Phi) is 3.16. The van der Waals surface area contributed by atoms with Gasteiger partial charge in [-0.05, 0) is 38.6 Å². The molecule has 0 aromatic rings. The lowest BCUT2D eigenvalue weighted by molar-refractivity contribution is 0.268. The van der Waals surface area contributed by atoms with Gasteiger partial charge in [-0.2, -0.15) is 0 Å². The lowest BCUT2D eigenvalue weighted by Gasteiger charge is -2.10. The molecule has 1 fully saturated rings. The van der Waals surface area contributed by atoms with Crippen LogP contribution in [0.1, 0.15) is 26.2 Å². The van der Waals surface area contributed by atoms with Crippen molar-refractivity contribution in [2.45, 2.75) is 32.2 Å². The highest BCUT2D eigenvalue weighted by atomic mass is 16.3. The molecule has 0 bridgehead atoms. The molecular formula is C8H17NO. The molecule has 2 N–H and O–H groups in total. The number of aliphatic hydroxyl groups excluding tert-OH is 1. The summed E-state index contributed by atoms with van der Waals surface area (Å²) < 4.78 is 0. The molecule has 1 atom stereocenters. The Morgan fingerprint density at radius 3 is 2.80 bits per heavy atom. The van der Waals surface area contributed by atoms with Gasteiger partial charge in [0.05, 0.1) is 0 Å². The van der Waals surface area contributed by atoms with Gasteiger partial charge in [0, 0.05) is 12.6 Å². The summed E-state index contributed by atoms with van der Waals surface area (Å²) in [5.41, 5.74) is 0. The topological polar surface area (TPSA) is 32.3 Å². The van der Waals surface area contributed by atoms with Gasteiger partial charge in [0.15, 0.2) is 0 Å². The van der Waals surface area contributed by atoms with Crippen molar-refractivity contribution in [3.63, 3.8) is 0 Å². The molecule has 2 heteroatoms. The van der Waals surface area contributed by atoms with Gasteiger partial charge in [-0.25, -0.2) is 0 Å². The van der Waals surface area contributed by atoms with Crippen LogP contribution in [0, 0.1) is 5.92 Å². The molecular weight excluding hydrogens is 126 g/mol. The van der Waals surface area contributed by atoms with E-state index in [0.29, 0.717) is 12.6 Å². The number of hydrogen-bond donors (Lipinski definition) is 2. The minimum absolute atomic E-state index is 0.304. The Labute approximate surface area is 62.6 Å². The third-order valence-electron chi connectivity index (χ3n) is 2.01. The molecule has 1 unspecified atom stereocenters. The van der Waals surface area contributed by atoms with E-state index in [1.54, 1.807) is 0 Å². The first kappa shape index (κ1) is 8.02. The number of aliphatic hydroxyl groups is 1. The Morgan fingerprint density at radius 2 is 2.30 bits per heavy atom. The van der Waals surface area contributed by atoms with Gasteiger partial charge in [-0.1, -0.05) is 0 Å². The van der Waals surface area contributed by atoms with Gasteiger partial charge in [0.25, 0.3) is 0 Å². The van der Waals surface area contributed by atoms with Crippen molar-refractivity contribution in [2.75, 3.05) is 13.2 Å². The highest BCUT2D eigenvalue weighted by Crippen LogP contribution is 2.27. The molecule has 1 aliphatic rings. The van der Waals surface area contributed by atoms with Crippen LogP contribution in [0.3, 0.4) is 0 Å². The van der Waals surface area contributed by atoms with Crippen LogP contribution in [-0.2, 0) is 0 Å². The molecule has 0 amide bonds. The predicted octanol–water partition coefficient (Wildman–Crippen LogP) is 0.757. The van der Waals surface area contributed by atoms with Crippen molar-refractivity contribution in [3.05, 3.63) is 0 Å². The fourth-order valence-corrected chi connectivity index (χ4v) is 0.986. The van der Waals surface area contributed by atoms with E-state index in [-0.39, 0.29) is 0 Å². The predicted molar refractivity (Wildman–Crippen MR) is 41.9 cm³/mol. The fourth-order valence-electron chi connectivity index (χ4n) is 0.986. The summed E-state index contributed by atoms with van der Waals surface area (Å²) in [4.78, 5) is 0. The van der Waals surface area contributed by atoms with Gasteiger partial charge in [0.2, 0.25) is 0 Å². The van der Waals surface area contributed by atoms with Crippen molar-refractivity contribution >= 4 is 0 Å². The van der Waals surface area contributed by atoms with Crippen molar-refractivity contribution < 1.29 is 5.11 Å². The molecule has 0 saturated heterocycles. The van der Waals surface area contributed by atoms with E-state index in [2.05, 4.69) is 12.2 Å². The summed E-state index contributed by atoms with van der Waals surface area (Å²) in [5.74, 6) is 0.946. The maximum atomic E-state index is 8.58. The van der Waals surface area contributed by atoms with Crippen LogP contribution in [0.4, 0.5) is 0 Å². The summed E-state index contributed by atoms with van der Waals surface area (Å²) >= 11 is 0. The second-order valence-electron chi connectivity index (χ2n) is 3.26. The normalized spacial score (nSPS) is 21.0. The number of nitrogens with one attached hydrogen (secondary N) is 1. The summed E-state index contributed by atoms with van der Waals surface area (Å²) in [7, 11) is 0. The first-order chi connectivity index (χ1) is 4.83. The van der Waals surface area contributed by atoms with Crippen LogP contribution in [-0.4, -0.2) is 24.3 Å². The molecule has 0 heterocycles.